The minimum Gasteiger partial charge on any atom is -0.352 e. The van der Waals surface area contributed by atoms with Crippen molar-refractivity contribution in [3.8, 4) is 5.82 Å². The van der Waals surface area contributed by atoms with Gasteiger partial charge in [0.1, 0.15) is 0 Å². The van der Waals surface area contributed by atoms with Gasteiger partial charge in [0.15, 0.2) is 11.6 Å². The van der Waals surface area contributed by atoms with Crippen LogP contribution in [0.15, 0.2) is 54.9 Å². The third-order valence-electron chi connectivity index (χ3n) is 4.88. The van der Waals surface area contributed by atoms with Crippen LogP contribution in [0.25, 0.3) is 5.82 Å². The minimum absolute atomic E-state index is 0.0948. The minimum atomic E-state index is 0.0948. The molecule has 7 heteroatoms. The number of aryl methyl sites for hydroxylation is 1. The van der Waals surface area contributed by atoms with Gasteiger partial charge in [-0.1, -0.05) is 19.1 Å². The molecule has 7 nitrogen and oxygen atoms in total. The zero-order valence-corrected chi connectivity index (χ0v) is 15.3. The van der Waals surface area contributed by atoms with Crippen LogP contribution in [0, 0.1) is 0 Å². The molecule has 1 amide bonds. The Labute approximate surface area is 158 Å². The fourth-order valence-electron chi connectivity index (χ4n) is 3.22. The van der Waals surface area contributed by atoms with Gasteiger partial charge in [-0.05, 0) is 42.3 Å². The molecule has 0 bridgehead atoms. The molecular weight excluding hydrogens is 340 g/mol. The highest BCUT2D eigenvalue weighted by Gasteiger charge is 2.23. The average Bonchev–Trinajstić information content (AvgIpc) is 3.28. The van der Waals surface area contributed by atoms with E-state index in [9.17, 15) is 4.79 Å². The van der Waals surface area contributed by atoms with E-state index in [0.29, 0.717) is 18.9 Å². The van der Waals surface area contributed by atoms with Gasteiger partial charge in [0, 0.05) is 44.1 Å². The van der Waals surface area contributed by atoms with Crippen LogP contribution in [0.5, 0.6) is 0 Å². The van der Waals surface area contributed by atoms with Gasteiger partial charge < -0.3 is 9.80 Å². The van der Waals surface area contributed by atoms with E-state index in [1.807, 2.05) is 53.6 Å². The average molecular weight is 362 g/mol. The number of piperazine rings is 1. The molecule has 1 saturated heterocycles. The van der Waals surface area contributed by atoms with E-state index in [0.717, 1.165) is 30.9 Å². The van der Waals surface area contributed by atoms with E-state index in [2.05, 4.69) is 27.1 Å². The van der Waals surface area contributed by atoms with Gasteiger partial charge in [0.2, 0.25) is 0 Å². The van der Waals surface area contributed by atoms with E-state index >= 15 is 0 Å². The molecule has 1 aliphatic rings. The molecule has 1 fully saturated rings. The van der Waals surface area contributed by atoms with Crippen LogP contribution in [0.3, 0.4) is 0 Å². The second kappa shape index (κ2) is 7.57. The standard InChI is InChI=1S/C20H22N6O/c1-2-16-4-6-17(7-5-16)20(27)25-14-12-24(13-15-25)18-8-9-19(23-22-18)26-11-3-10-21-26/h3-11H,2,12-15H2,1H3. The molecule has 138 valence electrons. The Kier molecular flexibility index (Phi) is 4.82. The summed E-state index contributed by atoms with van der Waals surface area (Å²) in [4.78, 5) is 16.8. The van der Waals surface area contributed by atoms with Gasteiger partial charge in [0.05, 0.1) is 0 Å². The summed E-state index contributed by atoms with van der Waals surface area (Å²) in [6, 6.07) is 13.6. The van der Waals surface area contributed by atoms with E-state index in [-0.39, 0.29) is 5.91 Å². The smallest absolute Gasteiger partial charge is 0.253 e. The maximum Gasteiger partial charge on any atom is 0.253 e. The highest BCUT2D eigenvalue weighted by molar-refractivity contribution is 5.94. The number of benzene rings is 1. The first kappa shape index (κ1) is 17.2. The first-order valence-corrected chi connectivity index (χ1v) is 9.21. The monoisotopic (exact) mass is 362 g/mol. The first-order chi connectivity index (χ1) is 13.2. The van der Waals surface area contributed by atoms with Crippen molar-refractivity contribution in [2.45, 2.75) is 13.3 Å². The molecule has 4 rings (SSSR count). The van der Waals surface area contributed by atoms with Crippen LogP contribution >= 0.6 is 0 Å². The third kappa shape index (κ3) is 3.67. The zero-order chi connectivity index (χ0) is 18.6. The van der Waals surface area contributed by atoms with Crippen molar-refractivity contribution in [1.82, 2.24) is 24.9 Å². The van der Waals surface area contributed by atoms with Crippen LogP contribution in [0.4, 0.5) is 5.82 Å². The van der Waals surface area contributed by atoms with E-state index in [1.54, 1.807) is 10.9 Å². The number of hydrogen-bond acceptors (Lipinski definition) is 5. The van der Waals surface area contributed by atoms with E-state index in [4.69, 9.17) is 0 Å². The number of amides is 1. The summed E-state index contributed by atoms with van der Waals surface area (Å²) in [7, 11) is 0. The number of nitrogens with zero attached hydrogens (tertiary/aromatic N) is 6. The number of carbonyl (C=O) groups is 1. The Balaban J connectivity index is 1.37. The van der Waals surface area contributed by atoms with Crippen molar-refractivity contribution in [2.75, 3.05) is 31.1 Å². The summed E-state index contributed by atoms with van der Waals surface area (Å²) >= 11 is 0. The molecule has 0 saturated carbocycles. The third-order valence-corrected chi connectivity index (χ3v) is 4.88. The Bertz CT molecular complexity index is 881. The molecule has 0 aliphatic carbocycles. The van der Waals surface area contributed by atoms with Crippen LogP contribution in [0.2, 0.25) is 0 Å². The second-order valence-corrected chi connectivity index (χ2v) is 6.53. The lowest BCUT2D eigenvalue weighted by Gasteiger charge is -2.35. The molecule has 0 atom stereocenters. The van der Waals surface area contributed by atoms with Gasteiger partial charge >= 0.3 is 0 Å². The zero-order valence-electron chi connectivity index (χ0n) is 15.3. The van der Waals surface area contributed by atoms with E-state index < -0.39 is 0 Å². The Hall–Kier alpha value is -3.22. The van der Waals surface area contributed by atoms with Crippen molar-refractivity contribution in [3.63, 3.8) is 0 Å². The number of aromatic nitrogens is 4. The van der Waals surface area contributed by atoms with Crippen LogP contribution in [-0.2, 0) is 6.42 Å². The number of anilines is 1. The van der Waals surface area contributed by atoms with Crippen LogP contribution in [0.1, 0.15) is 22.8 Å². The normalized spacial score (nSPS) is 14.4. The van der Waals surface area contributed by atoms with Crippen molar-refractivity contribution in [3.05, 3.63) is 66.0 Å². The molecule has 0 radical (unpaired) electrons. The van der Waals surface area contributed by atoms with Gasteiger partial charge in [-0.2, -0.15) is 5.10 Å². The number of carbonyl (C=O) groups excluding carboxylic acids is 1. The molecule has 2 aromatic heterocycles. The maximum absolute atomic E-state index is 12.7. The molecule has 0 spiro atoms. The first-order valence-electron chi connectivity index (χ1n) is 9.21. The molecule has 1 aromatic carbocycles. The maximum atomic E-state index is 12.7. The summed E-state index contributed by atoms with van der Waals surface area (Å²) < 4.78 is 1.68. The lowest BCUT2D eigenvalue weighted by molar-refractivity contribution is 0.0746. The lowest BCUT2D eigenvalue weighted by atomic mass is 10.1. The molecule has 0 unspecified atom stereocenters. The van der Waals surface area contributed by atoms with Gasteiger partial charge in [-0.25, -0.2) is 4.68 Å². The van der Waals surface area contributed by atoms with E-state index in [1.165, 1.54) is 5.56 Å². The SMILES string of the molecule is CCc1ccc(C(=O)N2CCN(c3ccc(-n4cccn4)nn3)CC2)cc1. The Morgan fingerprint density at radius 2 is 1.67 bits per heavy atom. The highest BCUT2D eigenvalue weighted by Crippen LogP contribution is 2.16. The molecular formula is C20H22N6O. The van der Waals surface area contributed by atoms with Crippen molar-refractivity contribution < 1.29 is 4.79 Å². The van der Waals surface area contributed by atoms with Crippen molar-refractivity contribution >= 4 is 11.7 Å². The fourth-order valence-corrected chi connectivity index (χ4v) is 3.22. The second-order valence-electron chi connectivity index (χ2n) is 6.53. The van der Waals surface area contributed by atoms with Gasteiger partial charge in [-0.15, -0.1) is 10.2 Å². The quantitative estimate of drug-likeness (QED) is 0.712. The Morgan fingerprint density at radius 1 is 0.963 bits per heavy atom. The summed E-state index contributed by atoms with van der Waals surface area (Å²) in [6.45, 7) is 4.96. The Morgan fingerprint density at radius 3 is 2.26 bits per heavy atom. The molecule has 27 heavy (non-hydrogen) atoms. The molecule has 0 N–H and O–H groups in total. The van der Waals surface area contributed by atoms with Crippen LogP contribution < -0.4 is 4.90 Å². The summed E-state index contributed by atoms with van der Waals surface area (Å²) in [5, 5.41) is 12.7. The lowest BCUT2D eigenvalue weighted by Crippen LogP contribution is -2.49. The fraction of sp³-hybridized carbons (Fsp3) is 0.300. The molecule has 3 heterocycles. The topological polar surface area (TPSA) is 67.2 Å². The molecule has 1 aliphatic heterocycles. The summed E-state index contributed by atoms with van der Waals surface area (Å²) in [5.74, 6) is 1.61. The largest absolute Gasteiger partial charge is 0.352 e. The number of rotatable bonds is 4. The molecule has 3 aromatic rings. The van der Waals surface area contributed by atoms with Crippen molar-refractivity contribution in [2.24, 2.45) is 0 Å². The predicted molar refractivity (Wildman–Crippen MR) is 103 cm³/mol. The summed E-state index contributed by atoms with van der Waals surface area (Å²) in [5.41, 5.74) is 2.00. The van der Waals surface area contributed by atoms with Gasteiger partial charge in [-0.3, -0.25) is 4.79 Å². The van der Waals surface area contributed by atoms with Crippen molar-refractivity contribution in [1.29, 1.82) is 0 Å². The van der Waals surface area contributed by atoms with Crippen LogP contribution in [-0.4, -0.2) is 57.0 Å². The number of hydrogen-bond donors (Lipinski definition) is 0. The highest BCUT2D eigenvalue weighted by atomic mass is 16.2. The van der Waals surface area contributed by atoms with Gasteiger partial charge in [0.25, 0.3) is 5.91 Å². The summed E-state index contributed by atoms with van der Waals surface area (Å²) in [6.07, 6.45) is 4.52. The predicted octanol–water partition coefficient (Wildman–Crippen LogP) is 2.19.